The molecule has 336 valence electrons. The number of amides is 5. The highest BCUT2D eigenvalue weighted by Crippen LogP contribution is 2.40. The molecule has 4 aliphatic heterocycles. The van der Waals surface area contributed by atoms with Crippen molar-refractivity contribution in [1.29, 1.82) is 0 Å². The van der Waals surface area contributed by atoms with Crippen LogP contribution in [-0.2, 0) is 19.2 Å². The lowest BCUT2D eigenvalue weighted by atomic mass is 10.0. The highest BCUT2D eigenvalue weighted by atomic mass is 19.3. The molecule has 19 heteroatoms. The molecule has 1 saturated carbocycles. The average molecular weight is 872 g/mol. The van der Waals surface area contributed by atoms with Crippen LogP contribution in [0.3, 0.4) is 0 Å². The van der Waals surface area contributed by atoms with Gasteiger partial charge in [0.25, 0.3) is 11.8 Å². The third-order valence-electron chi connectivity index (χ3n) is 12.8. The number of methoxy groups -OCH3 is 1. The van der Waals surface area contributed by atoms with Gasteiger partial charge in [-0.25, -0.2) is 4.98 Å². The number of hydrogen-bond donors (Lipinski definition) is 4. The van der Waals surface area contributed by atoms with Gasteiger partial charge in [0.1, 0.15) is 17.5 Å². The summed E-state index contributed by atoms with van der Waals surface area (Å²) in [5.74, 6) is -4.86. The van der Waals surface area contributed by atoms with E-state index in [4.69, 9.17) is 4.74 Å². The Morgan fingerprint density at radius 2 is 1.71 bits per heavy atom. The maximum atomic E-state index is 15.0. The zero-order valence-electron chi connectivity index (χ0n) is 35.7. The van der Waals surface area contributed by atoms with E-state index in [0.29, 0.717) is 68.7 Å². The van der Waals surface area contributed by atoms with Crippen LogP contribution in [0, 0.1) is 0 Å². The van der Waals surface area contributed by atoms with Gasteiger partial charge in [0.2, 0.25) is 23.7 Å². The number of rotatable bonds is 12. The van der Waals surface area contributed by atoms with Crippen LogP contribution in [0.2, 0.25) is 0 Å². The normalized spacial score (nSPS) is 21.1. The van der Waals surface area contributed by atoms with E-state index >= 15 is 8.78 Å². The summed E-state index contributed by atoms with van der Waals surface area (Å²) in [6.45, 7) is 4.26. The number of carbonyl (C=O) groups is 5. The van der Waals surface area contributed by atoms with Gasteiger partial charge >= 0.3 is 5.92 Å². The summed E-state index contributed by atoms with van der Waals surface area (Å²) in [6.07, 6.45) is 7.11. The molecule has 1 aromatic heterocycles. The lowest BCUT2D eigenvalue weighted by Crippen LogP contribution is -2.49. The van der Waals surface area contributed by atoms with Crippen LogP contribution in [-0.4, -0.2) is 140 Å². The van der Waals surface area contributed by atoms with Crippen molar-refractivity contribution in [1.82, 2.24) is 30.4 Å². The molecule has 4 fully saturated rings. The number of likely N-dealkylation sites (tertiary alicyclic amines) is 1. The second-order valence-corrected chi connectivity index (χ2v) is 17.0. The first-order valence-electron chi connectivity index (χ1n) is 21.9. The summed E-state index contributed by atoms with van der Waals surface area (Å²) in [5, 5.41) is 11.9. The largest absolute Gasteiger partial charge is 0.495 e. The van der Waals surface area contributed by atoms with Crippen LogP contribution in [0.1, 0.15) is 68.1 Å². The Bertz CT molecular complexity index is 2210. The number of piperidine rings is 2. The van der Waals surface area contributed by atoms with Crippen LogP contribution >= 0.6 is 0 Å². The first-order valence-corrected chi connectivity index (χ1v) is 21.9. The maximum absolute atomic E-state index is 15.0. The smallest absolute Gasteiger partial charge is 0.342 e. The number of carbonyl (C=O) groups excluding carboxylic acids is 5. The number of anilines is 6. The van der Waals surface area contributed by atoms with Gasteiger partial charge in [-0.3, -0.25) is 34.2 Å². The number of piperazine rings is 1. The number of nitrogens with one attached hydrogen (secondary N) is 4. The van der Waals surface area contributed by atoms with Crippen molar-refractivity contribution in [3.05, 3.63) is 54.2 Å². The van der Waals surface area contributed by atoms with Crippen molar-refractivity contribution in [3.8, 4) is 5.75 Å². The van der Waals surface area contributed by atoms with Gasteiger partial charge < -0.3 is 40.3 Å². The summed E-state index contributed by atoms with van der Waals surface area (Å²) in [7, 11) is 2.78. The van der Waals surface area contributed by atoms with Gasteiger partial charge in [-0.1, -0.05) is 18.9 Å². The van der Waals surface area contributed by atoms with Crippen molar-refractivity contribution in [2.75, 3.05) is 91.8 Å². The predicted molar refractivity (Wildman–Crippen MR) is 233 cm³/mol. The topological polar surface area (TPSA) is 185 Å². The van der Waals surface area contributed by atoms with Crippen LogP contribution < -0.4 is 40.7 Å². The highest BCUT2D eigenvalue weighted by molar-refractivity contribution is 6.02. The van der Waals surface area contributed by atoms with Crippen LogP contribution in [0.25, 0.3) is 0 Å². The fourth-order valence-electron chi connectivity index (χ4n) is 9.17. The fourth-order valence-corrected chi connectivity index (χ4v) is 9.17. The Morgan fingerprint density at radius 1 is 0.952 bits per heavy atom. The summed E-state index contributed by atoms with van der Waals surface area (Å²) in [5.41, 5.74) is 2.93. The number of aromatic nitrogens is 2. The lowest BCUT2D eigenvalue weighted by Gasteiger charge is -2.37. The van der Waals surface area contributed by atoms with Gasteiger partial charge in [0.05, 0.1) is 25.5 Å². The summed E-state index contributed by atoms with van der Waals surface area (Å²) < 4.78 is 35.7. The first-order chi connectivity index (χ1) is 30.3. The molecule has 4 N–H and O–H groups in total. The standard InChI is InChI=1S/C44H55F2N11O6/c1-53-35-26-47-43(52-39(35)57(31-7-3-4-8-31)27-44(45,46)42(53)62)50-33-11-10-28(24-36(33)63-2)40(60)49-29-14-18-56(19-15-29)38(59)16-17-54-20-22-55(23-21-54)32-9-5-6-30(25-32)48-34-12-13-37(58)51-41(34)61/h5-6,9-11,24-26,29,31,34,48H,3-4,7-8,12-23,27H2,1-2H3,(H,49,60)(H,47,50,52)(H,51,58,61). The maximum Gasteiger partial charge on any atom is 0.342 e. The predicted octanol–water partition coefficient (Wildman–Crippen LogP) is 3.74. The average Bonchev–Trinajstić information content (AvgIpc) is 3.82. The monoisotopic (exact) mass is 871 g/mol. The van der Waals surface area contributed by atoms with Crippen molar-refractivity contribution >= 4 is 64.1 Å². The Morgan fingerprint density at radius 3 is 2.44 bits per heavy atom. The van der Waals surface area contributed by atoms with Crippen molar-refractivity contribution in [2.24, 2.45) is 0 Å². The Labute approximate surface area is 364 Å². The van der Waals surface area contributed by atoms with E-state index in [9.17, 15) is 24.0 Å². The molecule has 5 amide bonds. The molecule has 5 heterocycles. The quantitative estimate of drug-likeness (QED) is 0.193. The number of hydrogen-bond acceptors (Lipinski definition) is 13. The Hall–Kier alpha value is -6.11. The van der Waals surface area contributed by atoms with E-state index in [1.165, 1.54) is 20.4 Å². The van der Waals surface area contributed by atoms with Crippen molar-refractivity contribution < 1.29 is 37.5 Å². The summed E-state index contributed by atoms with van der Waals surface area (Å²) >= 11 is 0. The van der Waals surface area contributed by atoms with Crippen molar-refractivity contribution in [2.45, 2.75) is 81.8 Å². The molecule has 2 aromatic carbocycles. The number of nitrogens with zero attached hydrogens (tertiary/aromatic N) is 7. The first kappa shape index (κ1) is 43.5. The van der Waals surface area contributed by atoms with E-state index in [0.717, 1.165) is 68.1 Å². The Balaban J connectivity index is 0.791. The number of ether oxygens (including phenoxy) is 1. The number of alkyl halides is 2. The number of imide groups is 1. The molecule has 1 atom stereocenters. The van der Waals surface area contributed by atoms with Gasteiger partial charge in [0.15, 0.2) is 5.82 Å². The molecule has 1 unspecified atom stereocenters. The summed E-state index contributed by atoms with van der Waals surface area (Å²) in [4.78, 5) is 81.0. The molecule has 1 aliphatic carbocycles. The molecule has 8 rings (SSSR count). The van der Waals surface area contributed by atoms with E-state index in [1.807, 2.05) is 29.2 Å². The second-order valence-electron chi connectivity index (χ2n) is 17.0. The number of benzene rings is 2. The third-order valence-corrected chi connectivity index (χ3v) is 12.8. The fraction of sp³-hybridized carbons (Fsp3) is 0.523. The zero-order chi connectivity index (χ0) is 44.3. The SMILES string of the molecule is COc1cc(C(=O)NC2CCN(C(=O)CCN3CCN(c4cccc(NC5CCC(=O)NC5=O)c4)CC3)CC2)ccc1Nc1ncc2c(n1)N(C1CCCC1)CC(F)(F)C(=O)N2C. The zero-order valence-corrected chi connectivity index (χ0v) is 35.7. The minimum Gasteiger partial charge on any atom is -0.495 e. The third kappa shape index (κ3) is 9.92. The molecule has 0 radical (unpaired) electrons. The van der Waals surface area contributed by atoms with E-state index < -0.39 is 24.4 Å². The molecule has 0 bridgehead atoms. The molecule has 3 aromatic rings. The lowest BCUT2D eigenvalue weighted by molar-refractivity contribution is -0.140. The minimum atomic E-state index is -3.59. The van der Waals surface area contributed by atoms with Gasteiger partial charge in [-0.2, -0.15) is 13.8 Å². The molecular weight excluding hydrogens is 817 g/mol. The number of fused-ring (bicyclic) bond motifs is 1. The molecule has 0 spiro atoms. The molecule has 63 heavy (non-hydrogen) atoms. The number of halogens is 2. The minimum absolute atomic E-state index is 0.102. The van der Waals surface area contributed by atoms with Crippen LogP contribution in [0.5, 0.6) is 5.75 Å². The van der Waals surface area contributed by atoms with Crippen LogP contribution in [0.15, 0.2) is 48.7 Å². The summed E-state index contributed by atoms with van der Waals surface area (Å²) in [6, 6.07) is 12.2. The van der Waals surface area contributed by atoms with E-state index in [2.05, 4.69) is 41.0 Å². The van der Waals surface area contributed by atoms with Gasteiger partial charge in [0, 0.05) is 94.7 Å². The Kier molecular flexibility index (Phi) is 12.9. The molecule has 5 aliphatic rings. The molecule has 3 saturated heterocycles. The second kappa shape index (κ2) is 18.7. The van der Waals surface area contributed by atoms with E-state index in [1.54, 1.807) is 23.1 Å². The molecular formula is C44H55F2N11O6. The van der Waals surface area contributed by atoms with Gasteiger partial charge in [-0.15, -0.1) is 0 Å². The molecule has 17 nitrogen and oxygen atoms in total. The van der Waals surface area contributed by atoms with Crippen molar-refractivity contribution in [3.63, 3.8) is 0 Å². The highest BCUT2D eigenvalue weighted by Gasteiger charge is 2.49. The van der Waals surface area contributed by atoms with E-state index in [-0.39, 0.29) is 53.2 Å². The van der Waals surface area contributed by atoms with Gasteiger partial charge in [-0.05, 0) is 68.5 Å². The van der Waals surface area contributed by atoms with Crippen LogP contribution in [0.4, 0.5) is 43.3 Å².